The van der Waals surface area contributed by atoms with Gasteiger partial charge >= 0.3 is 12.1 Å². The van der Waals surface area contributed by atoms with Crippen LogP contribution in [0.5, 0.6) is 0 Å². The molecule has 5 unspecified atom stereocenters. The van der Waals surface area contributed by atoms with Gasteiger partial charge in [0.05, 0.1) is 0 Å². The molecule has 5 aliphatic rings. The summed E-state index contributed by atoms with van der Waals surface area (Å²) >= 11 is 0. The fraction of sp³-hybridized carbons (Fsp3) is 0.621. The lowest BCUT2D eigenvalue weighted by Gasteiger charge is -2.53. The largest absolute Gasteiger partial charge is 0.456 e. The van der Waals surface area contributed by atoms with Gasteiger partial charge in [0.25, 0.3) is 0 Å². The average Bonchev–Trinajstić information content (AvgIpc) is 3.63. The summed E-state index contributed by atoms with van der Waals surface area (Å²) in [6.07, 6.45) is -0.165. The van der Waals surface area contributed by atoms with E-state index in [1.807, 2.05) is 6.07 Å². The fourth-order valence-corrected chi connectivity index (χ4v) is 8.13. The third kappa shape index (κ3) is 3.26. The molecule has 0 saturated heterocycles. The molecule has 1 aromatic rings. The third-order valence-electron chi connectivity index (χ3n) is 10.2. The molecule has 3 fully saturated rings. The molecule has 0 heterocycles. The Labute approximate surface area is 207 Å². The highest BCUT2D eigenvalue weighted by molar-refractivity contribution is 5.94. The van der Waals surface area contributed by atoms with Crippen LogP contribution in [0, 0.1) is 17.3 Å². The molecule has 6 rings (SSSR count). The molecule has 1 aromatic carbocycles. The van der Waals surface area contributed by atoms with Crippen molar-refractivity contribution in [2.24, 2.45) is 17.3 Å². The van der Waals surface area contributed by atoms with Gasteiger partial charge in [0, 0.05) is 17.8 Å². The van der Waals surface area contributed by atoms with E-state index < -0.39 is 35.5 Å². The summed E-state index contributed by atoms with van der Waals surface area (Å²) in [5, 5.41) is 11.0. The number of fused-ring (bicyclic) bond motifs is 4. The smallest absolute Gasteiger partial charge is 0.383 e. The number of allylic oxidation sites excluding steroid dienone is 4. The van der Waals surface area contributed by atoms with E-state index in [9.17, 15) is 31.9 Å². The number of aliphatic hydroxyl groups is 1. The molecule has 0 bridgehead atoms. The predicted molar refractivity (Wildman–Crippen MR) is 125 cm³/mol. The Kier molecular flexibility index (Phi) is 5.24. The van der Waals surface area contributed by atoms with Crippen LogP contribution in [0.15, 0.2) is 47.1 Å². The molecule has 5 aliphatic carbocycles. The van der Waals surface area contributed by atoms with Gasteiger partial charge in [-0.2, -0.15) is 22.0 Å². The predicted octanol–water partition coefficient (Wildman–Crippen LogP) is 7.39. The summed E-state index contributed by atoms with van der Waals surface area (Å²) in [6.45, 7) is 1.44. The maximum atomic E-state index is 14.7. The Morgan fingerprint density at radius 2 is 1.69 bits per heavy atom. The quantitative estimate of drug-likeness (QED) is 0.434. The third-order valence-corrected chi connectivity index (χ3v) is 10.2. The van der Waals surface area contributed by atoms with E-state index in [-0.39, 0.29) is 30.5 Å². The number of carbonyl (C=O) groups excluding carboxylic acids is 1. The number of ketones is 1. The summed E-state index contributed by atoms with van der Waals surface area (Å²) in [5.74, 6) is -5.25. The first-order valence-corrected chi connectivity index (χ1v) is 13.1. The molecular weight excluding hydrogens is 475 g/mol. The number of hydrogen-bond acceptors (Lipinski definition) is 2. The van der Waals surface area contributed by atoms with Crippen LogP contribution in [0.1, 0.15) is 87.7 Å². The highest BCUT2D eigenvalue weighted by Gasteiger charge is 2.78. The van der Waals surface area contributed by atoms with Gasteiger partial charge in [-0.05, 0) is 97.5 Å². The van der Waals surface area contributed by atoms with Crippen molar-refractivity contribution in [1.82, 2.24) is 0 Å². The molecule has 194 valence electrons. The SMILES string of the molecule is CC12CCC3=C4C(=CC(=O)CC4c4cccc(C5CC5)c4)CCC3C1CCC2(O)C(F)(F)C(F)(F)F. The Balaban J connectivity index is 1.41. The van der Waals surface area contributed by atoms with Gasteiger partial charge < -0.3 is 5.11 Å². The molecule has 2 nitrogen and oxygen atoms in total. The first-order chi connectivity index (χ1) is 16.9. The number of alkyl halides is 5. The van der Waals surface area contributed by atoms with Gasteiger partial charge in [0.15, 0.2) is 5.78 Å². The molecule has 0 aromatic heterocycles. The lowest BCUT2D eigenvalue weighted by molar-refractivity contribution is -0.362. The summed E-state index contributed by atoms with van der Waals surface area (Å²) in [6, 6.07) is 8.40. The zero-order valence-corrected chi connectivity index (χ0v) is 20.3. The Morgan fingerprint density at radius 1 is 0.972 bits per heavy atom. The van der Waals surface area contributed by atoms with Crippen molar-refractivity contribution in [3.05, 3.63) is 58.2 Å². The second-order valence-corrected chi connectivity index (χ2v) is 11.9. The molecule has 0 amide bonds. The second kappa shape index (κ2) is 7.75. The van der Waals surface area contributed by atoms with Crippen molar-refractivity contribution in [1.29, 1.82) is 0 Å². The maximum absolute atomic E-state index is 14.7. The van der Waals surface area contributed by atoms with Crippen molar-refractivity contribution < 1.29 is 31.9 Å². The highest BCUT2D eigenvalue weighted by atomic mass is 19.4. The molecule has 1 N–H and O–H groups in total. The minimum absolute atomic E-state index is 0.0746. The lowest BCUT2D eigenvalue weighted by Crippen LogP contribution is -2.64. The monoisotopic (exact) mass is 506 g/mol. The highest BCUT2D eigenvalue weighted by Crippen LogP contribution is 2.68. The summed E-state index contributed by atoms with van der Waals surface area (Å²) < 4.78 is 69.7. The summed E-state index contributed by atoms with van der Waals surface area (Å²) in [5.41, 5.74) is 0.935. The molecular formula is C29H31F5O2. The normalized spacial score (nSPS) is 36.8. The van der Waals surface area contributed by atoms with Crippen LogP contribution in [-0.2, 0) is 4.79 Å². The standard InChI is InChI=1S/C29H31F5O2/c1-26-11-9-22-21(24(26)10-12-27(26,36)28(30,31)29(32,33)34)8-7-19-14-20(35)15-23(25(19)22)18-4-2-3-17(13-18)16-5-6-16/h2-4,13-14,16,21,23-24,36H,5-12,15H2,1H3. The zero-order chi connectivity index (χ0) is 25.7. The minimum Gasteiger partial charge on any atom is -0.383 e. The molecule has 3 saturated carbocycles. The van der Waals surface area contributed by atoms with Crippen LogP contribution >= 0.6 is 0 Å². The number of halogens is 5. The number of hydrogen-bond donors (Lipinski definition) is 1. The van der Waals surface area contributed by atoms with Gasteiger partial charge in [-0.15, -0.1) is 0 Å². The van der Waals surface area contributed by atoms with E-state index in [1.165, 1.54) is 25.3 Å². The van der Waals surface area contributed by atoms with E-state index in [1.54, 1.807) is 6.08 Å². The van der Waals surface area contributed by atoms with Crippen molar-refractivity contribution >= 4 is 5.78 Å². The number of carbonyl (C=O) groups is 1. The first-order valence-electron chi connectivity index (χ1n) is 13.1. The van der Waals surface area contributed by atoms with Crippen molar-refractivity contribution in [3.8, 4) is 0 Å². The number of benzene rings is 1. The van der Waals surface area contributed by atoms with Crippen LogP contribution in [0.25, 0.3) is 0 Å². The summed E-state index contributed by atoms with van der Waals surface area (Å²) in [7, 11) is 0. The van der Waals surface area contributed by atoms with E-state index in [0.29, 0.717) is 31.6 Å². The van der Waals surface area contributed by atoms with Crippen molar-refractivity contribution in [3.63, 3.8) is 0 Å². The molecule has 0 aliphatic heterocycles. The molecule has 0 radical (unpaired) electrons. The van der Waals surface area contributed by atoms with E-state index >= 15 is 0 Å². The van der Waals surface area contributed by atoms with Crippen LogP contribution in [-0.4, -0.2) is 28.6 Å². The topological polar surface area (TPSA) is 37.3 Å². The Bertz CT molecular complexity index is 1180. The van der Waals surface area contributed by atoms with Crippen molar-refractivity contribution in [2.75, 3.05) is 0 Å². The summed E-state index contributed by atoms with van der Waals surface area (Å²) in [4.78, 5) is 12.7. The molecule has 5 atom stereocenters. The minimum atomic E-state index is -5.80. The van der Waals surface area contributed by atoms with E-state index in [0.717, 1.165) is 22.3 Å². The van der Waals surface area contributed by atoms with Gasteiger partial charge in [-0.3, -0.25) is 4.79 Å². The Morgan fingerprint density at radius 3 is 2.39 bits per heavy atom. The van der Waals surface area contributed by atoms with Crippen molar-refractivity contribution in [2.45, 2.75) is 94.2 Å². The van der Waals surface area contributed by atoms with Crippen LogP contribution in [0.4, 0.5) is 22.0 Å². The first kappa shape index (κ1) is 24.3. The zero-order valence-electron chi connectivity index (χ0n) is 20.3. The molecule has 7 heteroatoms. The van der Waals surface area contributed by atoms with Gasteiger partial charge in [-0.1, -0.05) is 36.8 Å². The van der Waals surface area contributed by atoms with E-state index in [4.69, 9.17) is 0 Å². The average molecular weight is 507 g/mol. The van der Waals surface area contributed by atoms with Gasteiger partial charge in [-0.25, -0.2) is 0 Å². The molecule has 0 spiro atoms. The number of rotatable bonds is 3. The van der Waals surface area contributed by atoms with E-state index in [2.05, 4.69) is 18.2 Å². The Hall–Kier alpha value is -2.02. The van der Waals surface area contributed by atoms with Crippen LogP contribution in [0.3, 0.4) is 0 Å². The van der Waals surface area contributed by atoms with Crippen LogP contribution in [0.2, 0.25) is 0 Å². The second-order valence-electron chi connectivity index (χ2n) is 11.9. The maximum Gasteiger partial charge on any atom is 0.456 e. The van der Waals surface area contributed by atoms with Gasteiger partial charge in [0.2, 0.25) is 0 Å². The van der Waals surface area contributed by atoms with Crippen LogP contribution < -0.4 is 0 Å². The molecule has 36 heavy (non-hydrogen) atoms. The lowest BCUT2D eigenvalue weighted by atomic mass is 9.53. The fourth-order valence-electron chi connectivity index (χ4n) is 8.13. The van der Waals surface area contributed by atoms with Gasteiger partial charge in [0.1, 0.15) is 5.60 Å².